The van der Waals surface area contributed by atoms with Crippen molar-refractivity contribution in [2.24, 2.45) is 0 Å². The second-order valence-electron chi connectivity index (χ2n) is 8.03. The Labute approximate surface area is 212 Å². The molecule has 7 nitrogen and oxygen atoms in total. The largest absolute Gasteiger partial charge is 0.355 e. The van der Waals surface area contributed by atoms with Crippen LogP contribution in [0.2, 0.25) is 10.0 Å². The number of likely N-dealkylation sites (N-methyl/N-ethyl adjacent to an activating group) is 1. The molecule has 0 aliphatic heterocycles. The number of benzene rings is 2. The molecular formula is C24H31Cl2N3O4S. The topological polar surface area (TPSA) is 86.8 Å². The van der Waals surface area contributed by atoms with Gasteiger partial charge in [-0.2, -0.15) is 0 Å². The first-order chi connectivity index (χ1) is 15.9. The molecule has 0 aromatic heterocycles. The fourth-order valence-corrected chi connectivity index (χ4v) is 5.08. The van der Waals surface area contributed by atoms with Crippen LogP contribution in [0.3, 0.4) is 0 Å². The number of amides is 2. The molecule has 1 N–H and O–H groups in total. The minimum Gasteiger partial charge on any atom is -0.355 e. The number of halogens is 2. The summed E-state index contributed by atoms with van der Waals surface area (Å²) in [4.78, 5) is 27.8. The van der Waals surface area contributed by atoms with Crippen LogP contribution >= 0.6 is 23.2 Å². The van der Waals surface area contributed by atoms with Crippen molar-refractivity contribution in [3.05, 3.63) is 63.1 Å². The molecule has 34 heavy (non-hydrogen) atoms. The highest BCUT2D eigenvalue weighted by Crippen LogP contribution is 2.28. The third-order valence-electron chi connectivity index (χ3n) is 5.65. The first-order valence-electron chi connectivity index (χ1n) is 11.0. The maximum absolute atomic E-state index is 13.7. The lowest BCUT2D eigenvalue weighted by Crippen LogP contribution is -2.52. The van der Waals surface area contributed by atoms with E-state index in [2.05, 4.69) is 5.32 Å². The molecule has 2 aromatic rings. The Morgan fingerprint density at radius 3 is 2.15 bits per heavy atom. The minimum atomic E-state index is -3.80. The van der Waals surface area contributed by atoms with Gasteiger partial charge in [0.05, 0.1) is 11.9 Å². The van der Waals surface area contributed by atoms with E-state index in [0.29, 0.717) is 34.3 Å². The molecule has 0 spiro atoms. The third-order valence-corrected chi connectivity index (χ3v) is 7.49. The van der Waals surface area contributed by atoms with E-state index < -0.39 is 28.5 Å². The van der Waals surface area contributed by atoms with Gasteiger partial charge in [0.15, 0.2) is 0 Å². The van der Waals surface area contributed by atoms with Gasteiger partial charge in [0.1, 0.15) is 12.6 Å². The van der Waals surface area contributed by atoms with Crippen LogP contribution in [0, 0.1) is 13.8 Å². The number of carbonyl (C=O) groups is 2. The number of carbonyl (C=O) groups excluding carboxylic acids is 2. The van der Waals surface area contributed by atoms with Gasteiger partial charge >= 0.3 is 0 Å². The van der Waals surface area contributed by atoms with Crippen molar-refractivity contribution in [3.63, 3.8) is 0 Å². The van der Waals surface area contributed by atoms with Gasteiger partial charge < -0.3 is 10.2 Å². The van der Waals surface area contributed by atoms with Crippen molar-refractivity contribution >= 4 is 50.7 Å². The molecule has 0 saturated carbocycles. The Bertz CT molecular complexity index is 1130. The second-order valence-corrected chi connectivity index (χ2v) is 10.8. The van der Waals surface area contributed by atoms with E-state index in [1.54, 1.807) is 51.1 Å². The molecule has 0 aliphatic rings. The first-order valence-corrected chi connectivity index (χ1v) is 13.6. The smallest absolute Gasteiger partial charge is 0.244 e. The number of hydrogen-bond acceptors (Lipinski definition) is 4. The Morgan fingerprint density at radius 1 is 1.03 bits per heavy atom. The lowest BCUT2D eigenvalue weighted by Gasteiger charge is -2.33. The fourth-order valence-electron chi connectivity index (χ4n) is 3.67. The Hall–Kier alpha value is -2.29. The number of nitrogens with zero attached hydrogens (tertiary/aromatic N) is 2. The van der Waals surface area contributed by atoms with Gasteiger partial charge in [0.25, 0.3) is 0 Å². The van der Waals surface area contributed by atoms with Crippen LogP contribution in [0.15, 0.2) is 36.4 Å². The quantitative estimate of drug-likeness (QED) is 0.498. The van der Waals surface area contributed by atoms with Crippen molar-refractivity contribution in [1.29, 1.82) is 0 Å². The monoisotopic (exact) mass is 527 g/mol. The molecule has 0 saturated heterocycles. The summed E-state index contributed by atoms with van der Waals surface area (Å²) in [6.07, 6.45) is 1.38. The van der Waals surface area contributed by atoms with E-state index in [1.807, 2.05) is 13.0 Å². The summed E-state index contributed by atoms with van der Waals surface area (Å²) in [5.74, 6) is -0.875. The van der Waals surface area contributed by atoms with Crippen LogP contribution in [-0.4, -0.2) is 50.5 Å². The van der Waals surface area contributed by atoms with E-state index >= 15 is 0 Å². The highest BCUT2D eigenvalue weighted by atomic mass is 35.5. The van der Waals surface area contributed by atoms with Gasteiger partial charge in [-0.15, -0.1) is 0 Å². The Morgan fingerprint density at radius 2 is 1.62 bits per heavy atom. The van der Waals surface area contributed by atoms with Crippen LogP contribution < -0.4 is 9.62 Å². The van der Waals surface area contributed by atoms with E-state index in [4.69, 9.17) is 23.2 Å². The predicted molar refractivity (Wildman–Crippen MR) is 138 cm³/mol. The normalized spacial score (nSPS) is 12.2. The summed E-state index contributed by atoms with van der Waals surface area (Å²) in [6, 6.07) is 9.43. The molecule has 0 heterocycles. The molecule has 2 amide bonds. The van der Waals surface area contributed by atoms with Crippen LogP contribution in [0.25, 0.3) is 0 Å². The molecule has 2 rings (SSSR count). The molecule has 0 bridgehead atoms. The molecule has 1 atom stereocenters. The molecular weight excluding hydrogens is 497 g/mol. The van der Waals surface area contributed by atoms with E-state index in [1.165, 1.54) is 4.90 Å². The van der Waals surface area contributed by atoms with Crippen molar-refractivity contribution in [2.75, 3.05) is 23.7 Å². The van der Waals surface area contributed by atoms with Crippen molar-refractivity contribution in [1.82, 2.24) is 10.2 Å². The van der Waals surface area contributed by atoms with Crippen LogP contribution in [0.5, 0.6) is 0 Å². The zero-order chi connectivity index (χ0) is 25.6. The zero-order valence-corrected chi connectivity index (χ0v) is 22.4. The molecule has 0 aliphatic carbocycles. The van der Waals surface area contributed by atoms with Crippen LogP contribution in [0.1, 0.15) is 37.0 Å². The van der Waals surface area contributed by atoms with Crippen molar-refractivity contribution in [3.8, 4) is 0 Å². The number of hydrogen-bond donors (Lipinski definition) is 1. The minimum absolute atomic E-state index is 0.0443. The average Bonchev–Trinajstić information content (AvgIpc) is 2.75. The van der Waals surface area contributed by atoms with Crippen molar-refractivity contribution in [2.45, 2.75) is 46.7 Å². The number of sulfonamides is 1. The number of rotatable bonds is 10. The fraction of sp³-hybridized carbons (Fsp3) is 0.417. The maximum Gasteiger partial charge on any atom is 0.244 e. The molecule has 186 valence electrons. The van der Waals surface area contributed by atoms with Gasteiger partial charge in [-0.3, -0.25) is 13.9 Å². The van der Waals surface area contributed by atoms with E-state index in [-0.39, 0.29) is 12.5 Å². The van der Waals surface area contributed by atoms with Gasteiger partial charge in [-0.25, -0.2) is 8.42 Å². The predicted octanol–water partition coefficient (Wildman–Crippen LogP) is 4.32. The zero-order valence-electron chi connectivity index (χ0n) is 20.1. The summed E-state index contributed by atoms with van der Waals surface area (Å²) < 4.78 is 26.5. The Kier molecular flexibility index (Phi) is 9.79. The van der Waals surface area contributed by atoms with Crippen LogP contribution in [-0.2, 0) is 26.2 Å². The lowest BCUT2D eigenvalue weighted by molar-refractivity contribution is -0.140. The second kappa shape index (κ2) is 11.9. The van der Waals surface area contributed by atoms with E-state index in [9.17, 15) is 18.0 Å². The van der Waals surface area contributed by atoms with Gasteiger partial charge in [-0.05, 0) is 56.5 Å². The van der Waals surface area contributed by atoms with Gasteiger partial charge in [-0.1, -0.05) is 48.3 Å². The molecule has 0 fully saturated rings. The average molecular weight is 529 g/mol. The summed E-state index contributed by atoms with van der Waals surface area (Å²) in [5.41, 5.74) is 2.54. The van der Waals surface area contributed by atoms with Crippen molar-refractivity contribution < 1.29 is 18.0 Å². The summed E-state index contributed by atoms with van der Waals surface area (Å²) >= 11 is 12.7. The highest BCUT2D eigenvalue weighted by Gasteiger charge is 2.32. The third kappa shape index (κ3) is 6.64. The molecule has 0 unspecified atom stereocenters. The summed E-state index contributed by atoms with van der Waals surface area (Å²) in [6.45, 7) is 7.12. The highest BCUT2D eigenvalue weighted by molar-refractivity contribution is 7.92. The maximum atomic E-state index is 13.7. The SMILES string of the molecule is CCNC(=O)[C@@H](CC)N(Cc1c(Cl)cccc1Cl)C(=O)CN(c1cccc(C)c1C)S(C)(=O)=O. The summed E-state index contributed by atoms with van der Waals surface area (Å²) in [7, 11) is -3.80. The number of anilines is 1. The van der Waals surface area contributed by atoms with Gasteiger partial charge in [0.2, 0.25) is 21.8 Å². The number of nitrogens with one attached hydrogen (secondary N) is 1. The van der Waals surface area contributed by atoms with Crippen LogP contribution in [0.4, 0.5) is 5.69 Å². The molecule has 10 heteroatoms. The standard InChI is InChI=1S/C24H31Cl2N3O4S/c1-6-21(24(31)27-7-2)28(14-18-19(25)11-9-12-20(18)26)23(30)15-29(34(5,32)33)22-13-8-10-16(3)17(22)4/h8-13,21H,6-7,14-15H2,1-5H3,(H,27,31)/t21-/m1/s1. The molecule has 2 aromatic carbocycles. The first kappa shape index (κ1) is 28.0. The van der Waals surface area contributed by atoms with Gasteiger partial charge in [0, 0.05) is 28.7 Å². The van der Waals surface area contributed by atoms with E-state index in [0.717, 1.165) is 21.7 Å². The Balaban J connectivity index is 2.54. The number of aryl methyl sites for hydroxylation is 1. The summed E-state index contributed by atoms with van der Waals surface area (Å²) in [5, 5.41) is 3.45. The lowest BCUT2D eigenvalue weighted by atomic mass is 10.1. The molecule has 0 radical (unpaired) electrons.